The average Bonchev–Trinajstić information content (AvgIpc) is 2.89. The predicted octanol–water partition coefficient (Wildman–Crippen LogP) is 3.42. The van der Waals surface area contributed by atoms with Crippen LogP contribution in [-0.4, -0.2) is 20.9 Å². The topological polar surface area (TPSA) is 39.9 Å². The third-order valence-corrected chi connectivity index (χ3v) is 2.84. The molecular weight excluding hydrogens is 264 g/mol. The highest BCUT2D eigenvalue weighted by Crippen LogP contribution is 2.37. The highest BCUT2D eigenvalue weighted by Gasteiger charge is 2.44. The predicted molar refractivity (Wildman–Crippen MR) is 70.6 cm³/mol. The Labute approximate surface area is 116 Å². The molecule has 20 heavy (non-hydrogen) atoms. The molecule has 108 valence electrons. The van der Waals surface area contributed by atoms with Gasteiger partial charge in [0.05, 0.1) is 12.0 Å². The van der Waals surface area contributed by atoms with E-state index in [9.17, 15) is 8.78 Å². The molecule has 0 saturated carbocycles. The van der Waals surface area contributed by atoms with Gasteiger partial charge in [-0.3, -0.25) is 0 Å². The monoisotopic (exact) mass is 281 g/mol. The Bertz CT molecular complexity index is 545. The molecule has 6 heteroatoms. The number of hydrogen-bond donors (Lipinski definition) is 0. The number of alkyl halides is 2. The van der Waals surface area contributed by atoms with E-state index in [-0.39, 0.29) is 6.61 Å². The van der Waals surface area contributed by atoms with Gasteiger partial charge in [-0.15, -0.1) is 0 Å². The van der Waals surface area contributed by atoms with E-state index in [1.54, 1.807) is 35.3 Å². The van der Waals surface area contributed by atoms with Crippen molar-refractivity contribution in [2.45, 2.75) is 33.5 Å². The van der Waals surface area contributed by atoms with Crippen LogP contribution >= 0.6 is 0 Å². The lowest BCUT2D eigenvalue weighted by molar-refractivity contribution is -0.300. The van der Waals surface area contributed by atoms with Crippen molar-refractivity contribution in [2.75, 3.05) is 0 Å². The largest absolute Gasteiger partial charge is 0.360 e. The van der Waals surface area contributed by atoms with Gasteiger partial charge in [-0.25, -0.2) is 9.67 Å². The quantitative estimate of drug-likeness (QED) is 0.862. The lowest BCUT2D eigenvalue weighted by atomic mass is 9.95. The lowest BCUT2D eigenvalue weighted by Gasteiger charge is -2.29. The molecule has 2 aromatic rings. The SMILES string of the molecule is CC(C)(C)C(F)(F)OCc1ccc(-n2cccn2)nc1. The fourth-order valence-corrected chi connectivity index (χ4v) is 1.43. The Balaban J connectivity index is 2.02. The van der Waals surface area contributed by atoms with Crippen molar-refractivity contribution in [1.82, 2.24) is 14.8 Å². The van der Waals surface area contributed by atoms with E-state index >= 15 is 0 Å². The maximum atomic E-state index is 13.7. The summed E-state index contributed by atoms with van der Waals surface area (Å²) in [4.78, 5) is 4.16. The van der Waals surface area contributed by atoms with E-state index in [1.807, 2.05) is 0 Å². The normalized spacial score (nSPS) is 12.7. The second kappa shape index (κ2) is 5.28. The number of ether oxygens (including phenoxy) is 1. The van der Waals surface area contributed by atoms with E-state index in [0.29, 0.717) is 11.4 Å². The van der Waals surface area contributed by atoms with Crippen molar-refractivity contribution in [2.24, 2.45) is 5.41 Å². The molecule has 0 aromatic carbocycles. The molecule has 0 N–H and O–H groups in total. The van der Waals surface area contributed by atoms with Gasteiger partial charge in [0.25, 0.3) is 0 Å². The molecule has 0 aliphatic carbocycles. The van der Waals surface area contributed by atoms with Gasteiger partial charge in [-0.1, -0.05) is 26.8 Å². The number of pyridine rings is 1. The molecule has 0 aliphatic rings. The summed E-state index contributed by atoms with van der Waals surface area (Å²) >= 11 is 0. The molecule has 0 saturated heterocycles. The van der Waals surface area contributed by atoms with Gasteiger partial charge in [0.15, 0.2) is 5.82 Å². The summed E-state index contributed by atoms with van der Waals surface area (Å²) in [6.07, 6.45) is 1.72. The van der Waals surface area contributed by atoms with Crippen LogP contribution in [0.1, 0.15) is 26.3 Å². The molecule has 0 fully saturated rings. The van der Waals surface area contributed by atoms with Crippen molar-refractivity contribution < 1.29 is 13.5 Å². The Hall–Kier alpha value is -1.82. The van der Waals surface area contributed by atoms with Gasteiger partial charge in [0, 0.05) is 18.6 Å². The van der Waals surface area contributed by atoms with Crippen LogP contribution in [0.4, 0.5) is 8.78 Å². The number of rotatable bonds is 4. The maximum Gasteiger partial charge on any atom is 0.360 e. The Morgan fingerprint density at radius 1 is 1.25 bits per heavy atom. The summed E-state index contributed by atoms with van der Waals surface area (Å²) in [5.41, 5.74) is -0.653. The molecular formula is C14H17F2N3O. The van der Waals surface area contributed by atoms with Gasteiger partial charge < -0.3 is 4.74 Å². The van der Waals surface area contributed by atoms with Gasteiger partial charge in [-0.2, -0.15) is 13.9 Å². The van der Waals surface area contributed by atoms with Crippen molar-refractivity contribution in [3.63, 3.8) is 0 Å². The highest BCUT2D eigenvalue weighted by molar-refractivity contribution is 5.24. The minimum atomic E-state index is -3.19. The minimum Gasteiger partial charge on any atom is -0.315 e. The van der Waals surface area contributed by atoms with Gasteiger partial charge >= 0.3 is 6.11 Å². The van der Waals surface area contributed by atoms with Crippen molar-refractivity contribution in [3.05, 3.63) is 42.4 Å². The fraction of sp³-hybridized carbons (Fsp3) is 0.429. The Morgan fingerprint density at radius 2 is 2.00 bits per heavy atom. The lowest BCUT2D eigenvalue weighted by Crippen LogP contribution is -2.36. The third kappa shape index (κ3) is 3.19. The second-order valence-electron chi connectivity index (χ2n) is 5.53. The highest BCUT2D eigenvalue weighted by atomic mass is 19.3. The molecule has 0 bridgehead atoms. The first-order valence-electron chi connectivity index (χ1n) is 6.26. The number of halogens is 2. The average molecular weight is 281 g/mol. The first-order chi connectivity index (χ1) is 9.29. The summed E-state index contributed by atoms with van der Waals surface area (Å²) in [6.45, 7) is 4.13. The van der Waals surface area contributed by atoms with Crippen LogP contribution in [0.5, 0.6) is 0 Å². The summed E-state index contributed by atoms with van der Waals surface area (Å²) in [6, 6.07) is 5.19. The van der Waals surface area contributed by atoms with Crippen LogP contribution in [0, 0.1) is 5.41 Å². The van der Waals surface area contributed by atoms with Crippen molar-refractivity contribution >= 4 is 0 Å². The molecule has 2 heterocycles. The second-order valence-corrected chi connectivity index (χ2v) is 5.53. The van der Waals surface area contributed by atoms with Crippen LogP contribution in [-0.2, 0) is 11.3 Å². The molecule has 0 atom stereocenters. The maximum absolute atomic E-state index is 13.7. The van der Waals surface area contributed by atoms with E-state index in [4.69, 9.17) is 4.74 Å². The first-order valence-corrected chi connectivity index (χ1v) is 6.26. The molecule has 0 unspecified atom stereocenters. The standard InChI is InChI=1S/C14H17F2N3O/c1-13(2,3)14(15,16)20-10-11-5-6-12(17-9-11)19-8-4-7-18-19/h4-9H,10H2,1-3H3. The molecule has 0 spiro atoms. The van der Waals surface area contributed by atoms with E-state index < -0.39 is 11.5 Å². The van der Waals surface area contributed by atoms with Gasteiger partial charge in [0.2, 0.25) is 0 Å². The van der Waals surface area contributed by atoms with Crippen LogP contribution in [0.25, 0.3) is 5.82 Å². The minimum absolute atomic E-state index is 0.184. The molecule has 2 rings (SSSR count). The summed E-state index contributed by atoms with van der Waals surface area (Å²) in [5.74, 6) is 0.626. The molecule has 2 aromatic heterocycles. The van der Waals surface area contributed by atoms with Crippen molar-refractivity contribution in [1.29, 1.82) is 0 Å². The fourth-order valence-electron chi connectivity index (χ4n) is 1.43. The van der Waals surface area contributed by atoms with E-state index in [1.165, 1.54) is 27.0 Å². The molecule has 0 amide bonds. The van der Waals surface area contributed by atoms with Crippen LogP contribution in [0.3, 0.4) is 0 Å². The zero-order valence-corrected chi connectivity index (χ0v) is 11.7. The van der Waals surface area contributed by atoms with Crippen LogP contribution in [0.15, 0.2) is 36.8 Å². The Kier molecular flexibility index (Phi) is 3.85. The number of hydrogen-bond acceptors (Lipinski definition) is 3. The van der Waals surface area contributed by atoms with E-state index in [0.717, 1.165) is 0 Å². The Morgan fingerprint density at radius 3 is 2.50 bits per heavy atom. The zero-order chi connectivity index (χ0) is 14.8. The molecule has 0 radical (unpaired) electrons. The zero-order valence-electron chi connectivity index (χ0n) is 11.7. The summed E-state index contributed by atoms with van der Waals surface area (Å²) in [7, 11) is 0. The van der Waals surface area contributed by atoms with Crippen molar-refractivity contribution in [3.8, 4) is 5.82 Å². The first kappa shape index (κ1) is 14.6. The number of nitrogens with zero attached hydrogens (tertiary/aromatic N) is 3. The summed E-state index contributed by atoms with van der Waals surface area (Å²) < 4.78 is 33.6. The van der Waals surface area contributed by atoms with E-state index in [2.05, 4.69) is 10.1 Å². The van der Waals surface area contributed by atoms with Crippen LogP contribution in [0.2, 0.25) is 0 Å². The smallest absolute Gasteiger partial charge is 0.315 e. The third-order valence-electron chi connectivity index (χ3n) is 2.84. The summed E-state index contributed by atoms with van der Waals surface area (Å²) in [5, 5.41) is 4.04. The van der Waals surface area contributed by atoms with Gasteiger partial charge in [0.1, 0.15) is 0 Å². The van der Waals surface area contributed by atoms with Crippen LogP contribution < -0.4 is 0 Å². The molecule has 4 nitrogen and oxygen atoms in total. The van der Waals surface area contributed by atoms with Gasteiger partial charge in [-0.05, 0) is 17.7 Å². The molecule has 0 aliphatic heterocycles. The number of aromatic nitrogens is 3.